The molecule has 0 amide bonds. The Morgan fingerprint density at radius 1 is 0.806 bits per heavy atom. The Balaban J connectivity index is 1.67. The van der Waals surface area contributed by atoms with Gasteiger partial charge in [0.2, 0.25) is 0 Å². The van der Waals surface area contributed by atoms with Crippen LogP contribution in [0.4, 0.5) is 39.5 Å². The molecule has 4 rings (SSSR count). The Morgan fingerprint density at radius 3 is 2.11 bits per heavy atom. The standard InChI is InChI=1S/C26H15F9O/c27-20-13-16-10-17(6-7-18(16)24(30)19(20)8-9-25(31,32)33)36-26(34,35)23-21(28)11-15(12-22(23)29)14-4-2-1-3-5-14/h4,6-7,10-13H,1-3,5H2. The van der Waals surface area contributed by atoms with E-state index in [0.29, 0.717) is 24.5 Å². The van der Waals surface area contributed by atoms with Gasteiger partial charge >= 0.3 is 12.3 Å². The third-order valence-corrected chi connectivity index (χ3v) is 5.57. The molecule has 36 heavy (non-hydrogen) atoms. The molecular formula is C26H15F9O. The van der Waals surface area contributed by atoms with Crippen molar-refractivity contribution in [1.82, 2.24) is 0 Å². The highest BCUT2D eigenvalue weighted by Gasteiger charge is 2.41. The second kappa shape index (κ2) is 9.45. The molecule has 0 unspecified atom stereocenters. The van der Waals surface area contributed by atoms with Crippen LogP contribution in [-0.4, -0.2) is 6.18 Å². The van der Waals surface area contributed by atoms with Crippen molar-refractivity contribution < 1.29 is 44.3 Å². The van der Waals surface area contributed by atoms with Gasteiger partial charge in [-0.15, -0.1) is 0 Å². The van der Waals surface area contributed by atoms with Crippen LogP contribution in [0.3, 0.4) is 0 Å². The fourth-order valence-corrected chi connectivity index (χ4v) is 3.96. The molecule has 0 N–H and O–H groups in total. The summed E-state index contributed by atoms with van der Waals surface area (Å²) in [4.78, 5) is 0. The fraction of sp³-hybridized carbons (Fsp3) is 0.231. The minimum Gasteiger partial charge on any atom is -0.429 e. The Labute approximate surface area is 199 Å². The van der Waals surface area contributed by atoms with Crippen molar-refractivity contribution in [3.63, 3.8) is 0 Å². The molecule has 0 radical (unpaired) electrons. The SMILES string of the molecule is Fc1cc2cc(OC(F)(F)c3c(F)cc(C4=CCCCC4)cc3F)ccc2c(F)c1C#CC(F)(F)F. The van der Waals surface area contributed by atoms with E-state index in [0.717, 1.165) is 49.1 Å². The summed E-state index contributed by atoms with van der Waals surface area (Å²) in [5.74, 6) is -4.56. The summed E-state index contributed by atoms with van der Waals surface area (Å²) >= 11 is 0. The van der Waals surface area contributed by atoms with Crippen LogP contribution in [0.25, 0.3) is 16.3 Å². The highest BCUT2D eigenvalue weighted by molar-refractivity contribution is 5.86. The molecule has 1 aliphatic carbocycles. The van der Waals surface area contributed by atoms with Gasteiger partial charge in [0.15, 0.2) is 0 Å². The number of hydrogen-bond acceptors (Lipinski definition) is 1. The first-order valence-corrected chi connectivity index (χ1v) is 10.6. The highest BCUT2D eigenvalue weighted by Crippen LogP contribution is 2.38. The summed E-state index contributed by atoms with van der Waals surface area (Å²) in [6.07, 6.45) is -4.73. The number of alkyl halides is 5. The monoisotopic (exact) mass is 514 g/mol. The Kier molecular flexibility index (Phi) is 6.69. The largest absolute Gasteiger partial charge is 0.458 e. The maximum atomic E-state index is 14.8. The molecular weight excluding hydrogens is 499 g/mol. The zero-order valence-electron chi connectivity index (χ0n) is 18.2. The van der Waals surface area contributed by atoms with Gasteiger partial charge in [-0.2, -0.15) is 22.0 Å². The lowest BCUT2D eigenvalue weighted by molar-refractivity contribution is -0.189. The fourth-order valence-electron chi connectivity index (χ4n) is 3.96. The van der Waals surface area contributed by atoms with E-state index in [1.165, 1.54) is 5.92 Å². The van der Waals surface area contributed by atoms with Gasteiger partial charge in [-0.3, -0.25) is 0 Å². The second-order valence-electron chi connectivity index (χ2n) is 8.09. The number of allylic oxidation sites excluding steroid dienone is 2. The van der Waals surface area contributed by atoms with Gasteiger partial charge in [0, 0.05) is 11.3 Å². The third-order valence-electron chi connectivity index (χ3n) is 5.57. The average Bonchev–Trinajstić information content (AvgIpc) is 2.77. The van der Waals surface area contributed by atoms with E-state index >= 15 is 0 Å². The maximum absolute atomic E-state index is 14.8. The zero-order valence-corrected chi connectivity index (χ0v) is 18.2. The van der Waals surface area contributed by atoms with Gasteiger partial charge < -0.3 is 4.74 Å². The molecule has 0 fully saturated rings. The summed E-state index contributed by atoms with van der Waals surface area (Å²) in [6.45, 7) is 0. The van der Waals surface area contributed by atoms with E-state index in [-0.39, 0.29) is 10.9 Å². The Bertz CT molecular complexity index is 1400. The van der Waals surface area contributed by atoms with Gasteiger partial charge in [0.1, 0.15) is 34.6 Å². The van der Waals surface area contributed by atoms with Crippen LogP contribution in [0.5, 0.6) is 5.75 Å². The van der Waals surface area contributed by atoms with E-state index in [1.807, 2.05) is 0 Å². The van der Waals surface area contributed by atoms with Crippen molar-refractivity contribution in [3.05, 3.63) is 82.4 Å². The van der Waals surface area contributed by atoms with Crippen molar-refractivity contribution >= 4 is 16.3 Å². The minimum absolute atomic E-state index is 0.144. The predicted molar refractivity (Wildman–Crippen MR) is 114 cm³/mol. The number of hydrogen-bond donors (Lipinski definition) is 0. The molecule has 0 atom stereocenters. The molecule has 3 aromatic carbocycles. The van der Waals surface area contributed by atoms with Gasteiger partial charge in [-0.1, -0.05) is 12.0 Å². The van der Waals surface area contributed by atoms with Crippen LogP contribution in [0.15, 0.2) is 42.5 Å². The molecule has 0 bridgehead atoms. The molecule has 0 saturated heterocycles. The number of rotatable bonds is 4. The molecule has 0 aromatic heterocycles. The first kappa shape index (κ1) is 25.5. The van der Waals surface area contributed by atoms with E-state index in [1.54, 1.807) is 6.08 Å². The summed E-state index contributed by atoms with van der Waals surface area (Å²) in [7, 11) is 0. The number of halogens is 9. The molecule has 1 aliphatic rings. The molecule has 1 nitrogen and oxygen atoms in total. The van der Waals surface area contributed by atoms with Crippen LogP contribution in [0.1, 0.15) is 42.4 Å². The zero-order chi connectivity index (χ0) is 26.3. The van der Waals surface area contributed by atoms with E-state index in [2.05, 4.69) is 4.74 Å². The summed E-state index contributed by atoms with van der Waals surface area (Å²) in [5, 5.41) is -0.780. The van der Waals surface area contributed by atoms with Crippen molar-refractivity contribution in [1.29, 1.82) is 0 Å². The average molecular weight is 514 g/mol. The molecule has 0 heterocycles. The van der Waals surface area contributed by atoms with Crippen LogP contribution in [0, 0.1) is 35.1 Å². The van der Waals surface area contributed by atoms with Crippen molar-refractivity contribution in [3.8, 4) is 17.6 Å². The summed E-state index contributed by atoms with van der Waals surface area (Å²) < 4.78 is 129. The minimum atomic E-state index is -4.99. The molecule has 0 aliphatic heterocycles. The number of benzene rings is 3. The first-order valence-electron chi connectivity index (χ1n) is 10.6. The Hall–Kier alpha value is -3.61. The molecule has 0 saturated carbocycles. The topological polar surface area (TPSA) is 9.23 Å². The number of fused-ring (bicyclic) bond motifs is 1. The summed E-state index contributed by atoms with van der Waals surface area (Å²) in [5.41, 5.74) is -2.01. The van der Waals surface area contributed by atoms with Gasteiger partial charge in [0.25, 0.3) is 0 Å². The maximum Gasteiger partial charge on any atom is 0.458 e. The van der Waals surface area contributed by atoms with Crippen LogP contribution < -0.4 is 4.74 Å². The highest BCUT2D eigenvalue weighted by atomic mass is 19.4. The van der Waals surface area contributed by atoms with Gasteiger partial charge in [-0.05, 0) is 78.6 Å². The van der Waals surface area contributed by atoms with Gasteiger partial charge in [-0.25, -0.2) is 17.6 Å². The van der Waals surface area contributed by atoms with Gasteiger partial charge in [0.05, 0.1) is 5.56 Å². The quantitative estimate of drug-likeness (QED) is 0.251. The van der Waals surface area contributed by atoms with Crippen LogP contribution >= 0.6 is 0 Å². The van der Waals surface area contributed by atoms with Crippen molar-refractivity contribution in [2.75, 3.05) is 0 Å². The molecule has 188 valence electrons. The van der Waals surface area contributed by atoms with E-state index in [4.69, 9.17) is 0 Å². The predicted octanol–water partition coefficient (Wildman–Crippen LogP) is 8.40. The van der Waals surface area contributed by atoms with Crippen molar-refractivity contribution in [2.45, 2.75) is 38.0 Å². The van der Waals surface area contributed by atoms with Crippen LogP contribution in [0.2, 0.25) is 0 Å². The molecule has 10 heteroatoms. The lowest BCUT2D eigenvalue weighted by Gasteiger charge is -2.21. The van der Waals surface area contributed by atoms with Crippen molar-refractivity contribution in [2.24, 2.45) is 0 Å². The second-order valence-corrected chi connectivity index (χ2v) is 8.09. The smallest absolute Gasteiger partial charge is 0.429 e. The van der Waals surface area contributed by atoms with E-state index < -0.39 is 57.8 Å². The van der Waals surface area contributed by atoms with E-state index in [9.17, 15) is 39.5 Å². The third kappa shape index (κ3) is 5.30. The lowest BCUT2D eigenvalue weighted by atomic mass is 9.93. The first-order chi connectivity index (χ1) is 16.9. The van der Waals surface area contributed by atoms with Crippen LogP contribution in [-0.2, 0) is 6.11 Å². The molecule has 0 spiro atoms. The molecule has 3 aromatic rings. The number of ether oxygens (including phenoxy) is 1. The Morgan fingerprint density at radius 2 is 1.50 bits per heavy atom. The summed E-state index contributed by atoms with van der Waals surface area (Å²) in [6, 6.07) is 4.57. The normalized spacial score (nSPS) is 14.3. The lowest BCUT2D eigenvalue weighted by Crippen LogP contribution is -2.25.